The highest BCUT2D eigenvalue weighted by Crippen LogP contribution is 2.24. The lowest BCUT2D eigenvalue weighted by Crippen LogP contribution is -1.79. The first-order valence-corrected chi connectivity index (χ1v) is 5.50. The largest absolute Gasteiger partial charge is 0.375 e. The molecule has 2 aromatic rings. The topological polar surface area (TPSA) is 38.9 Å². The van der Waals surface area contributed by atoms with Crippen LogP contribution >= 0.6 is 24.0 Å². The van der Waals surface area contributed by atoms with E-state index in [0.717, 1.165) is 15.8 Å². The van der Waals surface area contributed by atoms with Gasteiger partial charge in [0.1, 0.15) is 0 Å². The van der Waals surface area contributed by atoms with Gasteiger partial charge in [0, 0.05) is 5.56 Å². The van der Waals surface area contributed by atoms with Gasteiger partial charge in [-0.25, -0.2) is 4.98 Å². The van der Waals surface area contributed by atoms with E-state index in [1.165, 1.54) is 11.3 Å². The van der Waals surface area contributed by atoms with Gasteiger partial charge >= 0.3 is 0 Å². The molecule has 0 aliphatic heterocycles. The van der Waals surface area contributed by atoms with E-state index in [2.05, 4.69) is 29.5 Å². The summed E-state index contributed by atoms with van der Waals surface area (Å²) in [5.74, 6) is 6.48. The fourth-order valence-corrected chi connectivity index (χ4v) is 2.01. The lowest BCUT2D eigenvalue weighted by molar-refractivity contribution is 1.49. The van der Waals surface area contributed by atoms with E-state index in [0.29, 0.717) is 10.9 Å². The van der Waals surface area contributed by atoms with E-state index in [1.54, 1.807) is 0 Å². The van der Waals surface area contributed by atoms with E-state index >= 15 is 0 Å². The number of anilines is 1. The van der Waals surface area contributed by atoms with Crippen LogP contribution in [0, 0.1) is 11.8 Å². The number of benzene rings is 1. The Bertz CT molecular complexity index is 520. The average molecular weight is 220 g/mol. The highest BCUT2D eigenvalue weighted by atomic mass is 32.1. The summed E-state index contributed by atoms with van der Waals surface area (Å²) in [4.78, 5) is 4.17. The first kappa shape index (κ1) is 9.38. The minimum Gasteiger partial charge on any atom is -0.375 e. The molecule has 0 bridgehead atoms. The second-order valence-electron chi connectivity index (χ2n) is 2.69. The van der Waals surface area contributed by atoms with Crippen LogP contribution in [0.4, 0.5) is 5.13 Å². The zero-order valence-corrected chi connectivity index (χ0v) is 9.03. The van der Waals surface area contributed by atoms with Crippen molar-refractivity contribution in [2.45, 2.75) is 0 Å². The van der Waals surface area contributed by atoms with Crippen LogP contribution in [0.15, 0.2) is 18.2 Å². The van der Waals surface area contributed by atoms with E-state index in [-0.39, 0.29) is 0 Å². The fourth-order valence-electron chi connectivity index (χ4n) is 1.16. The van der Waals surface area contributed by atoms with Crippen LogP contribution in [0.2, 0.25) is 0 Å². The van der Waals surface area contributed by atoms with Gasteiger partial charge in [0.25, 0.3) is 0 Å². The van der Waals surface area contributed by atoms with Crippen molar-refractivity contribution in [2.24, 2.45) is 0 Å². The molecule has 4 heteroatoms. The summed E-state index contributed by atoms with van der Waals surface area (Å²) < 4.78 is 1.08. The molecule has 0 fully saturated rings. The molecule has 0 spiro atoms. The molecule has 0 aliphatic carbocycles. The van der Waals surface area contributed by atoms with Crippen LogP contribution in [-0.4, -0.2) is 10.7 Å². The van der Waals surface area contributed by atoms with E-state index in [9.17, 15) is 0 Å². The molecule has 0 unspecified atom stereocenters. The van der Waals surface area contributed by atoms with E-state index in [4.69, 9.17) is 5.73 Å². The van der Waals surface area contributed by atoms with E-state index < -0.39 is 0 Å². The quantitative estimate of drug-likeness (QED) is 0.527. The van der Waals surface area contributed by atoms with Gasteiger partial charge in [0.05, 0.1) is 16.0 Å². The minimum atomic E-state index is 0.572. The van der Waals surface area contributed by atoms with Crippen molar-refractivity contribution in [3.8, 4) is 11.8 Å². The molecule has 1 aromatic heterocycles. The van der Waals surface area contributed by atoms with Gasteiger partial charge in [-0.05, 0) is 18.2 Å². The molecule has 14 heavy (non-hydrogen) atoms. The fraction of sp³-hybridized carbons (Fsp3) is 0.100. The summed E-state index contributed by atoms with van der Waals surface area (Å²) in [6, 6.07) is 5.88. The van der Waals surface area contributed by atoms with Gasteiger partial charge in [-0.1, -0.05) is 23.2 Å². The maximum Gasteiger partial charge on any atom is 0.181 e. The lowest BCUT2D eigenvalue weighted by Gasteiger charge is -1.89. The highest BCUT2D eigenvalue weighted by Gasteiger charge is 2.00. The maximum atomic E-state index is 5.60. The molecule has 0 atom stereocenters. The van der Waals surface area contributed by atoms with Crippen LogP contribution in [0.3, 0.4) is 0 Å². The first-order chi connectivity index (χ1) is 6.79. The number of aromatic nitrogens is 1. The Morgan fingerprint density at radius 1 is 1.50 bits per heavy atom. The highest BCUT2D eigenvalue weighted by molar-refractivity contribution is 7.80. The monoisotopic (exact) mass is 220 g/mol. The van der Waals surface area contributed by atoms with Crippen LogP contribution in [0.25, 0.3) is 10.2 Å². The molecule has 0 aliphatic rings. The summed E-state index contributed by atoms with van der Waals surface area (Å²) in [6.07, 6.45) is 0. The van der Waals surface area contributed by atoms with Gasteiger partial charge in [-0.2, -0.15) is 12.6 Å². The Hall–Kier alpha value is -1.18. The third kappa shape index (κ3) is 1.84. The molecule has 0 amide bonds. The van der Waals surface area contributed by atoms with Gasteiger partial charge in [0.2, 0.25) is 0 Å². The maximum absolute atomic E-state index is 5.60. The number of nitrogen functional groups attached to an aromatic ring is 1. The number of hydrogen-bond donors (Lipinski definition) is 2. The van der Waals surface area contributed by atoms with Crippen molar-refractivity contribution in [2.75, 3.05) is 11.5 Å². The standard InChI is InChI=1S/C10H8N2S2/c11-10-12-8-4-3-7(2-1-5-13)6-9(8)14-10/h3-4,6,13H,5H2,(H2,11,12). The number of hydrogen-bond acceptors (Lipinski definition) is 4. The van der Waals surface area contributed by atoms with Crippen LogP contribution in [0.1, 0.15) is 5.56 Å². The summed E-state index contributed by atoms with van der Waals surface area (Å²) in [5.41, 5.74) is 7.52. The van der Waals surface area contributed by atoms with Crippen molar-refractivity contribution in [1.82, 2.24) is 4.98 Å². The predicted molar refractivity (Wildman–Crippen MR) is 64.8 cm³/mol. The Balaban J connectivity index is 2.50. The molecule has 0 saturated heterocycles. The number of nitrogens with two attached hydrogens (primary N) is 1. The van der Waals surface area contributed by atoms with Crippen LogP contribution < -0.4 is 5.73 Å². The zero-order valence-electron chi connectivity index (χ0n) is 7.32. The Morgan fingerprint density at radius 2 is 2.36 bits per heavy atom. The zero-order chi connectivity index (χ0) is 9.97. The number of fused-ring (bicyclic) bond motifs is 1. The number of nitrogens with zero attached hydrogens (tertiary/aromatic N) is 1. The van der Waals surface area contributed by atoms with Gasteiger partial charge < -0.3 is 5.73 Å². The smallest absolute Gasteiger partial charge is 0.181 e. The predicted octanol–water partition coefficient (Wildman–Crippen LogP) is 2.16. The van der Waals surface area contributed by atoms with Crippen molar-refractivity contribution < 1.29 is 0 Å². The lowest BCUT2D eigenvalue weighted by atomic mass is 10.2. The summed E-state index contributed by atoms with van der Waals surface area (Å²) in [6.45, 7) is 0. The average Bonchev–Trinajstić information content (AvgIpc) is 2.54. The summed E-state index contributed by atoms with van der Waals surface area (Å²) in [7, 11) is 0. The molecule has 2 nitrogen and oxygen atoms in total. The minimum absolute atomic E-state index is 0.572. The van der Waals surface area contributed by atoms with Crippen molar-refractivity contribution in [3.05, 3.63) is 23.8 Å². The second-order valence-corrected chi connectivity index (χ2v) is 4.07. The Kier molecular flexibility index (Phi) is 2.62. The third-order valence-corrected chi connectivity index (χ3v) is 2.72. The van der Waals surface area contributed by atoms with Crippen molar-refractivity contribution in [3.63, 3.8) is 0 Å². The number of thiazole rings is 1. The first-order valence-electron chi connectivity index (χ1n) is 4.05. The molecule has 2 N–H and O–H groups in total. The van der Waals surface area contributed by atoms with Crippen molar-refractivity contribution in [1.29, 1.82) is 0 Å². The molecule has 70 valence electrons. The molecule has 1 aromatic carbocycles. The third-order valence-electron chi connectivity index (χ3n) is 1.72. The molecule has 0 saturated carbocycles. The number of thiol groups is 1. The summed E-state index contributed by atoms with van der Waals surface area (Å²) >= 11 is 5.50. The molecular weight excluding hydrogens is 212 g/mol. The normalized spacial score (nSPS) is 9.79. The van der Waals surface area contributed by atoms with Crippen LogP contribution in [0.5, 0.6) is 0 Å². The van der Waals surface area contributed by atoms with Crippen molar-refractivity contribution >= 4 is 39.3 Å². The SMILES string of the molecule is Nc1nc2ccc(C#CCS)cc2s1. The molecule has 1 heterocycles. The molecule has 2 rings (SSSR count). The molecule has 0 radical (unpaired) electrons. The van der Waals surface area contributed by atoms with Crippen LogP contribution in [-0.2, 0) is 0 Å². The van der Waals surface area contributed by atoms with Gasteiger partial charge in [0.15, 0.2) is 5.13 Å². The van der Waals surface area contributed by atoms with E-state index in [1.807, 2.05) is 18.2 Å². The molecular formula is C10H8N2S2. The summed E-state index contributed by atoms with van der Waals surface area (Å²) in [5, 5.41) is 0.597. The number of rotatable bonds is 0. The Morgan fingerprint density at radius 3 is 3.14 bits per heavy atom. The van der Waals surface area contributed by atoms with Gasteiger partial charge in [-0.15, -0.1) is 0 Å². The second kappa shape index (κ2) is 3.91. The Labute approximate surface area is 91.6 Å². The van der Waals surface area contributed by atoms with Gasteiger partial charge in [-0.3, -0.25) is 0 Å².